The van der Waals surface area contributed by atoms with Gasteiger partial charge in [0.15, 0.2) is 0 Å². The van der Waals surface area contributed by atoms with Crippen LogP contribution in [0.2, 0.25) is 0 Å². The predicted molar refractivity (Wildman–Crippen MR) is 83.3 cm³/mol. The van der Waals surface area contributed by atoms with E-state index in [1.54, 1.807) is 6.07 Å². The summed E-state index contributed by atoms with van der Waals surface area (Å²) in [6.45, 7) is 4.41. The maximum Gasteiger partial charge on any atom is 0.126 e. The summed E-state index contributed by atoms with van der Waals surface area (Å²) in [4.78, 5) is 2.37. The molecule has 0 amide bonds. The zero-order valence-corrected chi connectivity index (χ0v) is 12.3. The fraction of sp³-hybridized carbons (Fsp3) is 0.333. The van der Waals surface area contributed by atoms with Crippen LogP contribution in [0.15, 0.2) is 48.5 Å². The molecule has 110 valence electrons. The van der Waals surface area contributed by atoms with Gasteiger partial charge >= 0.3 is 0 Å². The third-order valence-electron chi connectivity index (χ3n) is 4.57. The highest BCUT2D eigenvalue weighted by molar-refractivity contribution is 5.31. The van der Waals surface area contributed by atoms with Gasteiger partial charge in [-0.3, -0.25) is 4.90 Å². The topological polar surface area (TPSA) is 29.3 Å². The average Bonchev–Trinajstić information content (AvgIpc) is 2.94. The van der Waals surface area contributed by atoms with E-state index in [9.17, 15) is 4.39 Å². The van der Waals surface area contributed by atoms with Crippen LogP contribution in [0.1, 0.15) is 23.6 Å². The molecule has 0 spiro atoms. The summed E-state index contributed by atoms with van der Waals surface area (Å²) in [6, 6.07) is 15.4. The average molecular weight is 284 g/mol. The van der Waals surface area contributed by atoms with E-state index in [-0.39, 0.29) is 11.4 Å². The van der Waals surface area contributed by atoms with E-state index in [1.807, 2.05) is 12.1 Å². The molecule has 1 aliphatic rings. The largest absolute Gasteiger partial charge is 0.329 e. The van der Waals surface area contributed by atoms with E-state index in [0.717, 1.165) is 18.7 Å². The molecular weight excluding hydrogens is 263 g/mol. The molecule has 2 aromatic carbocycles. The summed E-state index contributed by atoms with van der Waals surface area (Å²) in [5, 5.41) is 0. The maximum atomic E-state index is 13.9. The molecule has 21 heavy (non-hydrogen) atoms. The van der Waals surface area contributed by atoms with Crippen LogP contribution in [0, 0.1) is 5.82 Å². The van der Waals surface area contributed by atoms with Crippen molar-refractivity contribution in [3.05, 3.63) is 71.0 Å². The molecule has 1 heterocycles. The summed E-state index contributed by atoms with van der Waals surface area (Å²) in [5.74, 6) is -0.145. The van der Waals surface area contributed by atoms with Gasteiger partial charge in [0.1, 0.15) is 5.82 Å². The molecule has 2 nitrogen and oxygen atoms in total. The Bertz CT molecular complexity index is 616. The van der Waals surface area contributed by atoms with Gasteiger partial charge < -0.3 is 5.73 Å². The first-order valence-electron chi connectivity index (χ1n) is 7.38. The smallest absolute Gasteiger partial charge is 0.126 e. The second kappa shape index (κ2) is 5.58. The second-order valence-corrected chi connectivity index (χ2v) is 6.09. The predicted octanol–water partition coefficient (Wildman–Crippen LogP) is 3.10. The van der Waals surface area contributed by atoms with Gasteiger partial charge in [-0.15, -0.1) is 0 Å². The monoisotopic (exact) mass is 284 g/mol. The Morgan fingerprint density at radius 3 is 2.19 bits per heavy atom. The molecule has 0 bridgehead atoms. The Balaban J connectivity index is 1.83. The quantitative estimate of drug-likeness (QED) is 0.935. The Hall–Kier alpha value is -1.71. The first kappa shape index (κ1) is 14.2. The molecule has 0 saturated carbocycles. The van der Waals surface area contributed by atoms with Crippen molar-refractivity contribution in [2.75, 3.05) is 6.54 Å². The lowest BCUT2D eigenvalue weighted by Crippen LogP contribution is -2.50. The van der Waals surface area contributed by atoms with Crippen molar-refractivity contribution in [3.63, 3.8) is 0 Å². The van der Waals surface area contributed by atoms with Gasteiger partial charge in [-0.2, -0.15) is 0 Å². The molecule has 1 unspecified atom stereocenters. The molecule has 2 N–H and O–H groups in total. The van der Waals surface area contributed by atoms with Gasteiger partial charge in [-0.05, 0) is 36.1 Å². The lowest BCUT2D eigenvalue weighted by molar-refractivity contribution is 0.107. The Labute approximate surface area is 125 Å². The highest BCUT2D eigenvalue weighted by Crippen LogP contribution is 2.31. The maximum absolute atomic E-state index is 13.9. The van der Waals surface area contributed by atoms with Crippen LogP contribution >= 0.6 is 0 Å². The van der Waals surface area contributed by atoms with Gasteiger partial charge in [0.05, 0.1) is 0 Å². The number of nitrogens with zero attached hydrogens (tertiary/aromatic N) is 1. The van der Waals surface area contributed by atoms with Gasteiger partial charge in [0.25, 0.3) is 0 Å². The van der Waals surface area contributed by atoms with Crippen molar-refractivity contribution < 1.29 is 4.39 Å². The molecule has 1 aliphatic heterocycles. The van der Waals surface area contributed by atoms with E-state index in [1.165, 1.54) is 17.2 Å². The number of hydrogen-bond acceptors (Lipinski definition) is 2. The highest BCUT2D eigenvalue weighted by Gasteiger charge is 2.35. The molecule has 0 radical (unpaired) electrons. The molecule has 0 aromatic heterocycles. The first-order valence-corrected chi connectivity index (χ1v) is 7.38. The second-order valence-electron chi connectivity index (χ2n) is 6.09. The molecule has 0 saturated heterocycles. The van der Waals surface area contributed by atoms with Gasteiger partial charge in [0, 0.05) is 25.2 Å². The van der Waals surface area contributed by atoms with Crippen molar-refractivity contribution in [2.24, 2.45) is 5.73 Å². The molecule has 0 aliphatic carbocycles. The number of rotatable bonds is 4. The van der Waals surface area contributed by atoms with Gasteiger partial charge in [-0.25, -0.2) is 4.39 Å². The highest BCUT2D eigenvalue weighted by atomic mass is 19.1. The normalized spacial score (nSPS) is 17.5. The molecule has 1 atom stereocenters. The summed E-state index contributed by atoms with van der Waals surface area (Å²) >= 11 is 0. The van der Waals surface area contributed by atoms with Crippen LogP contribution < -0.4 is 5.73 Å². The van der Waals surface area contributed by atoms with Crippen molar-refractivity contribution in [2.45, 2.75) is 32.0 Å². The minimum atomic E-state index is -0.235. The first-order chi connectivity index (χ1) is 10.1. The summed E-state index contributed by atoms with van der Waals surface area (Å²) in [7, 11) is 0. The minimum absolute atomic E-state index is 0.145. The summed E-state index contributed by atoms with van der Waals surface area (Å²) in [6.07, 6.45) is 0.629. The standard InChI is InChI=1S/C18H21FN2/c1-18(13-20,10-14-6-4-5-9-17(14)19)21-11-15-7-2-3-8-16(15)12-21/h2-9H,10-13,20H2,1H3. The lowest BCUT2D eigenvalue weighted by Gasteiger charge is -2.38. The van der Waals surface area contributed by atoms with E-state index in [2.05, 4.69) is 36.1 Å². The SMILES string of the molecule is CC(CN)(Cc1ccccc1F)N1Cc2ccccc2C1. The third-order valence-corrected chi connectivity index (χ3v) is 4.57. The Morgan fingerprint density at radius 2 is 1.62 bits per heavy atom. The molecule has 2 aromatic rings. The van der Waals surface area contributed by atoms with Crippen molar-refractivity contribution >= 4 is 0 Å². The fourth-order valence-corrected chi connectivity index (χ4v) is 3.08. The van der Waals surface area contributed by atoms with Crippen molar-refractivity contribution in [1.29, 1.82) is 0 Å². The van der Waals surface area contributed by atoms with Gasteiger partial charge in [-0.1, -0.05) is 42.5 Å². The Kier molecular flexibility index (Phi) is 3.79. The van der Waals surface area contributed by atoms with E-state index in [0.29, 0.717) is 13.0 Å². The third kappa shape index (κ3) is 2.71. The molecular formula is C18H21FN2. The number of halogens is 1. The fourth-order valence-electron chi connectivity index (χ4n) is 3.08. The minimum Gasteiger partial charge on any atom is -0.329 e. The van der Waals surface area contributed by atoms with Gasteiger partial charge in [0.2, 0.25) is 0 Å². The lowest BCUT2D eigenvalue weighted by atomic mass is 9.90. The van der Waals surface area contributed by atoms with Crippen LogP contribution in [0.25, 0.3) is 0 Å². The Morgan fingerprint density at radius 1 is 1.05 bits per heavy atom. The molecule has 3 heteroatoms. The zero-order valence-electron chi connectivity index (χ0n) is 12.3. The number of hydrogen-bond donors (Lipinski definition) is 1. The van der Waals surface area contributed by atoms with E-state index in [4.69, 9.17) is 5.73 Å². The zero-order chi connectivity index (χ0) is 14.9. The molecule has 0 fully saturated rings. The van der Waals surface area contributed by atoms with E-state index >= 15 is 0 Å². The number of nitrogens with two attached hydrogens (primary N) is 1. The summed E-state index contributed by atoms with van der Waals surface area (Å²) < 4.78 is 13.9. The van der Waals surface area contributed by atoms with Crippen LogP contribution in [0.4, 0.5) is 4.39 Å². The van der Waals surface area contributed by atoms with Crippen LogP contribution in [-0.4, -0.2) is 17.0 Å². The van der Waals surface area contributed by atoms with E-state index < -0.39 is 0 Å². The number of fused-ring (bicyclic) bond motifs is 1. The summed E-state index contributed by atoms with van der Waals surface area (Å²) in [5.41, 5.74) is 9.26. The number of benzene rings is 2. The van der Waals surface area contributed by atoms with Crippen LogP contribution in [-0.2, 0) is 19.5 Å². The van der Waals surface area contributed by atoms with Crippen LogP contribution in [0.3, 0.4) is 0 Å². The molecule has 3 rings (SSSR count). The van der Waals surface area contributed by atoms with Crippen molar-refractivity contribution in [3.8, 4) is 0 Å². The van der Waals surface area contributed by atoms with Crippen molar-refractivity contribution in [1.82, 2.24) is 4.90 Å². The van der Waals surface area contributed by atoms with Crippen LogP contribution in [0.5, 0.6) is 0 Å².